The molecule has 1 saturated carbocycles. The summed E-state index contributed by atoms with van der Waals surface area (Å²) >= 11 is 0. The number of nitrogens with zero attached hydrogens (tertiary/aromatic N) is 1. The monoisotopic (exact) mass is 212 g/mol. The van der Waals surface area contributed by atoms with Gasteiger partial charge in [-0.3, -0.25) is 10.2 Å². The number of aliphatic hydroxyl groups is 1. The van der Waals surface area contributed by atoms with Crippen LogP contribution in [0.2, 0.25) is 0 Å². The minimum atomic E-state index is -0.600. The Hall–Kier alpha value is -0.610. The lowest BCUT2D eigenvalue weighted by Gasteiger charge is -2.30. The van der Waals surface area contributed by atoms with Crippen LogP contribution >= 0.6 is 0 Å². The Kier molecular flexibility index (Phi) is 2.98. The SMILES string of the molecule is CC1(CO)CN(C2CCCCC2)NC1=O. The molecule has 86 valence electrons. The highest BCUT2D eigenvalue weighted by molar-refractivity contribution is 5.84. The Morgan fingerprint density at radius 3 is 2.67 bits per heavy atom. The second kappa shape index (κ2) is 4.10. The number of hydrogen-bond acceptors (Lipinski definition) is 3. The standard InChI is InChI=1S/C11H20N2O2/c1-11(8-14)7-13(12-10(11)15)9-5-3-2-4-6-9/h9,14H,2-8H2,1H3,(H,12,15). The number of carbonyl (C=O) groups excluding carboxylic acids is 1. The summed E-state index contributed by atoms with van der Waals surface area (Å²) in [4.78, 5) is 11.7. The van der Waals surface area contributed by atoms with E-state index in [9.17, 15) is 9.90 Å². The van der Waals surface area contributed by atoms with E-state index in [0.717, 1.165) is 0 Å². The molecule has 1 heterocycles. The highest BCUT2D eigenvalue weighted by atomic mass is 16.3. The van der Waals surface area contributed by atoms with Crippen LogP contribution in [0.3, 0.4) is 0 Å². The van der Waals surface area contributed by atoms with Gasteiger partial charge in [-0.15, -0.1) is 0 Å². The van der Waals surface area contributed by atoms with Crippen molar-refractivity contribution in [3.05, 3.63) is 0 Å². The van der Waals surface area contributed by atoms with E-state index in [1.54, 1.807) is 0 Å². The number of aliphatic hydroxyl groups excluding tert-OH is 1. The average Bonchev–Trinajstić information content (AvgIpc) is 2.58. The molecule has 15 heavy (non-hydrogen) atoms. The van der Waals surface area contributed by atoms with Gasteiger partial charge in [0.15, 0.2) is 0 Å². The first kappa shape index (κ1) is 10.9. The second-order valence-electron chi connectivity index (χ2n) is 5.08. The van der Waals surface area contributed by atoms with E-state index in [1.807, 2.05) is 11.9 Å². The van der Waals surface area contributed by atoms with Crippen LogP contribution in [-0.2, 0) is 4.79 Å². The smallest absolute Gasteiger partial charge is 0.243 e. The molecule has 1 aliphatic carbocycles. The number of amides is 1. The molecule has 0 spiro atoms. The topological polar surface area (TPSA) is 52.6 Å². The van der Waals surface area contributed by atoms with Crippen LogP contribution in [0.4, 0.5) is 0 Å². The summed E-state index contributed by atoms with van der Waals surface area (Å²) in [5.41, 5.74) is 2.30. The molecule has 1 saturated heterocycles. The van der Waals surface area contributed by atoms with Gasteiger partial charge in [0.25, 0.3) is 0 Å². The third kappa shape index (κ3) is 2.01. The number of hydrazine groups is 1. The molecule has 0 radical (unpaired) electrons. The van der Waals surface area contributed by atoms with Gasteiger partial charge >= 0.3 is 0 Å². The highest BCUT2D eigenvalue weighted by Crippen LogP contribution is 2.29. The molecule has 2 fully saturated rings. The normalized spacial score (nSPS) is 34.4. The molecule has 1 unspecified atom stereocenters. The van der Waals surface area contributed by atoms with Gasteiger partial charge in [0.2, 0.25) is 5.91 Å². The fourth-order valence-electron chi connectivity index (χ4n) is 2.49. The number of rotatable bonds is 2. The first-order valence-electron chi connectivity index (χ1n) is 5.84. The Labute approximate surface area is 90.6 Å². The molecule has 0 aromatic carbocycles. The van der Waals surface area contributed by atoms with Crippen molar-refractivity contribution < 1.29 is 9.90 Å². The summed E-state index contributed by atoms with van der Waals surface area (Å²) in [5, 5.41) is 11.3. The number of nitrogens with one attached hydrogen (secondary N) is 1. The lowest BCUT2D eigenvalue weighted by Crippen LogP contribution is -2.42. The molecule has 1 atom stereocenters. The van der Waals surface area contributed by atoms with E-state index in [0.29, 0.717) is 12.6 Å². The summed E-state index contributed by atoms with van der Waals surface area (Å²) in [7, 11) is 0. The lowest BCUT2D eigenvalue weighted by molar-refractivity contribution is -0.129. The fraction of sp³-hybridized carbons (Fsp3) is 0.909. The zero-order valence-electron chi connectivity index (χ0n) is 9.33. The van der Waals surface area contributed by atoms with Crippen molar-refractivity contribution >= 4 is 5.91 Å². The van der Waals surface area contributed by atoms with Crippen LogP contribution < -0.4 is 5.43 Å². The van der Waals surface area contributed by atoms with Crippen LogP contribution in [0.15, 0.2) is 0 Å². The van der Waals surface area contributed by atoms with Crippen LogP contribution in [0.5, 0.6) is 0 Å². The van der Waals surface area contributed by atoms with E-state index < -0.39 is 5.41 Å². The van der Waals surface area contributed by atoms with Crippen molar-refractivity contribution in [2.75, 3.05) is 13.2 Å². The molecule has 0 aromatic rings. The maximum Gasteiger partial charge on any atom is 0.243 e. The highest BCUT2D eigenvalue weighted by Gasteiger charge is 2.43. The average molecular weight is 212 g/mol. The Bertz CT molecular complexity index is 251. The first-order chi connectivity index (χ1) is 7.15. The molecule has 2 rings (SSSR count). The molecule has 2 aliphatic rings. The molecule has 0 bridgehead atoms. The van der Waals surface area contributed by atoms with E-state index in [1.165, 1.54) is 32.1 Å². The molecule has 2 N–H and O–H groups in total. The lowest BCUT2D eigenvalue weighted by atomic mass is 9.90. The molecule has 4 heteroatoms. The summed E-state index contributed by atoms with van der Waals surface area (Å²) in [5.74, 6) is -0.0319. The van der Waals surface area contributed by atoms with Crippen molar-refractivity contribution in [3.63, 3.8) is 0 Å². The molecular weight excluding hydrogens is 192 g/mol. The van der Waals surface area contributed by atoms with Gasteiger partial charge in [0, 0.05) is 12.6 Å². The third-order valence-corrected chi connectivity index (χ3v) is 3.68. The van der Waals surface area contributed by atoms with Gasteiger partial charge in [-0.05, 0) is 19.8 Å². The molecule has 0 aromatic heterocycles. The summed E-state index contributed by atoms with van der Waals surface area (Å²) in [6.45, 7) is 2.40. The van der Waals surface area contributed by atoms with Crippen LogP contribution in [0.1, 0.15) is 39.0 Å². The predicted molar refractivity (Wildman–Crippen MR) is 56.9 cm³/mol. The first-order valence-corrected chi connectivity index (χ1v) is 5.84. The Balaban J connectivity index is 1.98. The van der Waals surface area contributed by atoms with Gasteiger partial charge in [-0.2, -0.15) is 0 Å². The van der Waals surface area contributed by atoms with Gasteiger partial charge < -0.3 is 5.11 Å². The maximum absolute atomic E-state index is 11.7. The van der Waals surface area contributed by atoms with Crippen molar-refractivity contribution in [1.82, 2.24) is 10.4 Å². The Morgan fingerprint density at radius 1 is 1.47 bits per heavy atom. The maximum atomic E-state index is 11.7. The predicted octanol–water partition coefficient (Wildman–Crippen LogP) is 0.664. The van der Waals surface area contributed by atoms with E-state index in [-0.39, 0.29) is 12.5 Å². The quantitative estimate of drug-likeness (QED) is 0.707. The minimum absolute atomic E-state index is 0.0319. The van der Waals surface area contributed by atoms with Crippen molar-refractivity contribution in [1.29, 1.82) is 0 Å². The molecular formula is C11H20N2O2. The van der Waals surface area contributed by atoms with Gasteiger partial charge in [-0.1, -0.05) is 19.3 Å². The van der Waals surface area contributed by atoms with Crippen LogP contribution in [0, 0.1) is 5.41 Å². The number of hydrogen-bond donors (Lipinski definition) is 2. The molecule has 4 nitrogen and oxygen atoms in total. The molecule has 1 aliphatic heterocycles. The van der Waals surface area contributed by atoms with Crippen molar-refractivity contribution in [3.8, 4) is 0 Å². The second-order valence-corrected chi connectivity index (χ2v) is 5.08. The van der Waals surface area contributed by atoms with E-state index >= 15 is 0 Å². The largest absolute Gasteiger partial charge is 0.395 e. The Morgan fingerprint density at radius 2 is 2.13 bits per heavy atom. The zero-order chi connectivity index (χ0) is 10.9. The number of carbonyl (C=O) groups is 1. The zero-order valence-corrected chi connectivity index (χ0v) is 9.33. The summed E-state index contributed by atoms with van der Waals surface area (Å²) < 4.78 is 0. The minimum Gasteiger partial charge on any atom is -0.395 e. The van der Waals surface area contributed by atoms with Crippen LogP contribution in [-0.4, -0.2) is 35.2 Å². The third-order valence-electron chi connectivity index (χ3n) is 3.68. The van der Waals surface area contributed by atoms with Gasteiger partial charge in [0.05, 0.1) is 12.0 Å². The van der Waals surface area contributed by atoms with Gasteiger partial charge in [0.1, 0.15) is 0 Å². The summed E-state index contributed by atoms with van der Waals surface area (Å²) in [6, 6.07) is 0.482. The van der Waals surface area contributed by atoms with E-state index in [4.69, 9.17) is 0 Å². The summed E-state index contributed by atoms with van der Waals surface area (Å²) in [6.07, 6.45) is 6.17. The van der Waals surface area contributed by atoms with Gasteiger partial charge in [-0.25, -0.2) is 5.01 Å². The van der Waals surface area contributed by atoms with E-state index in [2.05, 4.69) is 5.43 Å². The van der Waals surface area contributed by atoms with Crippen molar-refractivity contribution in [2.45, 2.75) is 45.1 Å². The van der Waals surface area contributed by atoms with Crippen molar-refractivity contribution in [2.24, 2.45) is 5.41 Å². The fourth-order valence-corrected chi connectivity index (χ4v) is 2.49. The molecule has 1 amide bonds. The van der Waals surface area contributed by atoms with Crippen LogP contribution in [0.25, 0.3) is 0 Å².